The van der Waals surface area contributed by atoms with Crippen molar-refractivity contribution in [2.75, 3.05) is 0 Å². The third-order valence-electron chi connectivity index (χ3n) is 4.05. The maximum Gasteiger partial charge on any atom is 0.259 e. The van der Waals surface area contributed by atoms with Gasteiger partial charge in [0.25, 0.3) is 5.89 Å². The maximum atomic E-state index is 13.5. The quantitative estimate of drug-likeness (QED) is 0.850. The number of hydrogen-bond acceptors (Lipinski definition) is 4. The first-order chi connectivity index (χ1) is 10.1. The average molecular weight is 310 g/mol. The van der Waals surface area contributed by atoms with Gasteiger partial charge in [0.1, 0.15) is 5.82 Å². The van der Waals surface area contributed by atoms with Gasteiger partial charge in [-0.1, -0.05) is 48.5 Å². The molecule has 0 bridgehead atoms. The molecule has 0 saturated heterocycles. The SMILES string of the molecule is NC1(c2noc(-c3cccc(F)c3Cl)n2)CCCCCC1. The Bertz CT molecular complexity index is 636. The van der Waals surface area contributed by atoms with Crippen LogP contribution in [0.5, 0.6) is 0 Å². The van der Waals surface area contributed by atoms with Gasteiger partial charge in [-0.05, 0) is 25.0 Å². The summed E-state index contributed by atoms with van der Waals surface area (Å²) in [6, 6.07) is 4.50. The Hall–Kier alpha value is -1.46. The number of nitrogens with zero attached hydrogens (tertiary/aromatic N) is 2. The van der Waals surface area contributed by atoms with Crippen LogP contribution in [0.2, 0.25) is 5.02 Å². The number of benzene rings is 1. The predicted octanol–water partition coefficient (Wildman–Crippen LogP) is 4.04. The van der Waals surface area contributed by atoms with Crippen LogP contribution in [-0.4, -0.2) is 10.1 Å². The Kier molecular flexibility index (Phi) is 3.95. The van der Waals surface area contributed by atoms with Crippen molar-refractivity contribution in [3.05, 3.63) is 34.9 Å². The van der Waals surface area contributed by atoms with E-state index in [1.54, 1.807) is 12.1 Å². The van der Waals surface area contributed by atoms with E-state index in [2.05, 4.69) is 10.1 Å². The molecule has 1 aromatic carbocycles. The van der Waals surface area contributed by atoms with Gasteiger partial charge in [-0.2, -0.15) is 4.98 Å². The highest BCUT2D eigenvalue weighted by Gasteiger charge is 2.33. The molecule has 21 heavy (non-hydrogen) atoms. The Morgan fingerprint density at radius 2 is 1.90 bits per heavy atom. The lowest BCUT2D eigenvalue weighted by Gasteiger charge is -2.23. The number of aromatic nitrogens is 2. The highest BCUT2D eigenvalue weighted by molar-refractivity contribution is 6.33. The fourth-order valence-electron chi connectivity index (χ4n) is 2.79. The second kappa shape index (κ2) is 5.73. The van der Waals surface area contributed by atoms with E-state index in [9.17, 15) is 4.39 Å². The maximum absolute atomic E-state index is 13.5. The summed E-state index contributed by atoms with van der Waals surface area (Å²) in [7, 11) is 0. The fourth-order valence-corrected chi connectivity index (χ4v) is 2.99. The Labute approximate surface area is 127 Å². The van der Waals surface area contributed by atoms with Gasteiger partial charge in [-0.25, -0.2) is 4.39 Å². The molecule has 3 rings (SSSR count). The van der Waals surface area contributed by atoms with Crippen molar-refractivity contribution in [1.82, 2.24) is 10.1 Å². The number of hydrogen-bond donors (Lipinski definition) is 1. The molecule has 1 aliphatic carbocycles. The normalized spacial score (nSPS) is 18.4. The summed E-state index contributed by atoms with van der Waals surface area (Å²) in [5.74, 6) is 0.189. The summed E-state index contributed by atoms with van der Waals surface area (Å²) in [4.78, 5) is 4.37. The van der Waals surface area contributed by atoms with E-state index in [0.29, 0.717) is 11.4 Å². The van der Waals surface area contributed by atoms with E-state index in [-0.39, 0.29) is 10.9 Å². The van der Waals surface area contributed by atoms with Crippen LogP contribution in [0.3, 0.4) is 0 Å². The second-order valence-electron chi connectivity index (χ2n) is 5.59. The summed E-state index contributed by atoms with van der Waals surface area (Å²) < 4.78 is 18.8. The van der Waals surface area contributed by atoms with Crippen LogP contribution < -0.4 is 5.73 Å². The molecule has 0 unspecified atom stereocenters. The lowest BCUT2D eigenvalue weighted by Crippen LogP contribution is -2.37. The summed E-state index contributed by atoms with van der Waals surface area (Å²) in [6.07, 6.45) is 6.15. The van der Waals surface area contributed by atoms with Gasteiger partial charge in [-0.3, -0.25) is 0 Å². The highest BCUT2D eigenvalue weighted by atomic mass is 35.5. The molecule has 1 aromatic heterocycles. The Morgan fingerprint density at radius 1 is 1.19 bits per heavy atom. The molecule has 0 atom stereocenters. The molecule has 2 aromatic rings. The standard InChI is InChI=1S/C15H17ClFN3O/c16-12-10(6-5-7-11(12)17)13-19-14(20-21-13)15(18)8-3-1-2-4-9-15/h5-7H,1-4,8-9,18H2. The van der Waals surface area contributed by atoms with Crippen LogP contribution in [0.4, 0.5) is 4.39 Å². The van der Waals surface area contributed by atoms with Gasteiger partial charge >= 0.3 is 0 Å². The molecular weight excluding hydrogens is 293 g/mol. The summed E-state index contributed by atoms with van der Waals surface area (Å²) in [6.45, 7) is 0. The van der Waals surface area contributed by atoms with Crippen molar-refractivity contribution in [3.63, 3.8) is 0 Å². The zero-order valence-electron chi connectivity index (χ0n) is 11.6. The minimum absolute atomic E-state index is 0.0142. The lowest BCUT2D eigenvalue weighted by atomic mass is 9.91. The molecule has 0 spiro atoms. The van der Waals surface area contributed by atoms with E-state index in [4.69, 9.17) is 21.9 Å². The average Bonchev–Trinajstić information content (AvgIpc) is 2.86. The van der Waals surface area contributed by atoms with Crippen molar-refractivity contribution in [2.45, 2.75) is 44.1 Å². The zero-order valence-corrected chi connectivity index (χ0v) is 12.4. The molecule has 1 heterocycles. The molecule has 0 aliphatic heterocycles. The van der Waals surface area contributed by atoms with Crippen LogP contribution >= 0.6 is 11.6 Å². The van der Waals surface area contributed by atoms with Gasteiger partial charge < -0.3 is 10.3 Å². The summed E-state index contributed by atoms with van der Waals surface area (Å²) in [5, 5.41) is 3.99. The topological polar surface area (TPSA) is 64.9 Å². The van der Waals surface area contributed by atoms with E-state index in [1.165, 1.54) is 18.9 Å². The number of nitrogens with two attached hydrogens (primary N) is 1. The van der Waals surface area contributed by atoms with Gasteiger partial charge in [0.05, 0.1) is 16.1 Å². The summed E-state index contributed by atoms with van der Waals surface area (Å²) in [5.41, 5.74) is 6.29. The van der Waals surface area contributed by atoms with Crippen molar-refractivity contribution in [2.24, 2.45) is 5.73 Å². The number of halogens is 2. The molecule has 4 nitrogen and oxygen atoms in total. The van der Waals surface area contributed by atoms with Crippen molar-refractivity contribution in [1.29, 1.82) is 0 Å². The van der Waals surface area contributed by atoms with Crippen LogP contribution in [-0.2, 0) is 5.54 Å². The third kappa shape index (κ3) is 2.80. The van der Waals surface area contributed by atoms with E-state index in [1.807, 2.05) is 0 Å². The molecule has 112 valence electrons. The minimum Gasteiger partial charge on any atom is -0.334 e. The van der Waals surface area contributed by atoms with Crippen LogP contribution in [0.25, 0.3) is 11.5 Å². The summed E-state index contributed by atoms with van der Waals surface area (Å²) >= 11 is 5.95. The number of rotatable bonds is 2. The molecule has 1 saturated carbocycles. The molecule has 0 radical (unpaired) electrons. The van der Waals surface area contributed by atoms with Gasteiger partial charge in [0, 0.05) is 0 Å². The van der Waals surface area contributed by atoms with E-state index < -0.39 is 11.4 Å². The van der Waals surface area contributed by atoms with Crippen molar-refractivity contribution >= 4 is 11.6 Å². The van der Waals surface area contributed by atoms with Gasteiger partial charge in [0.2, 0.25) is 0 Å². The smallest absolute Gasteiger partial charge is 0.259 e. The van der Waals surface area contributed by atoms with Crippen LogP contribution in [0.1, 0.15) is 44.3 Å². The Balaban J connectivity index is 1.94. The molecular formula is C15H17ClFN3O. The highest BCUT2D eigenvalue weighted by Crippen LogP contribution is 2.34. The third-order valence-corrected chi connectivity index (χ3v) is 4.43. The largest absolute Gasteiger partial charge is 0.334 e. The van der Waals surface area contributed by atoms with Gasteiger partial charge in [-0.15, -0.1) is 0 Å². The minimum atomic E-state index is -0.557. The molecule has 1 aliphatic rings. The van der Waals surface area contributed by atoms with Crippen LogP contribution in [0.15, 0.2) is 22.7 Å². The van der Waals surface area contributed by atoms with Gasteiger partial charge in [0.15, 0.2) is 5.82 Å². The Morgan fingerprint density at radius 3 is 2.62 bits per heavy atom. The second-order valence-corrected chi connectivity index (χ2v) is 5.97. The molecule has 1 fully saturated rings. The first-order valence-electron chi connectivity index (χ1n) is 7.18. The zero-order chi connectivity index (χ0) is 14.9. The van der Waals surface area contributed by atoms with E-state index in [0.717, 1.165) is 25.7 Å². The fraction of sp³-hybridized carbons (Fsp3) is 0.467. The van der Waals surface area contributed by atoms with Crippen LogP contribution in [0, 0.1) is 5.82 Å². The molecule has 6 heteroatoms. The molecule has 0 amide bonds. The lowest BCUT2D eigenvalue weighted by molar-refractivity contribution is 0.334. The first-order valence-corrected chi connectivity index (χ1v) is 7.55. The van der Waals surface area contributed by atoms with Crippen molar-refractivity contribution < 1.29 is 8.91 Å². The monoisotopic (exact) mass is 309 g/mol. The first kappa shape index (κ1) is 14.5. The molecule has 2 N–H and O–H groups in total. The predicted molar refractivity (Wildman–Crippen MR) is 78.3 cm³/mol. The van der Waals surface area contributed by atoms with E-state index >= 15 is 0 Å². The van der Waals surface area contributed by atoms with Crippen molar-refractivity contribution in [3.8, 4) is 11.5 Å².